The molecular weight excluding hydrogens is 266 g/mol. The maximum Gasteiger partial charge on any atom is 0.265 e. The number of hydrogen-bond acceptors (Lipinski definition) is 6. The summed E-state index contributed by atoms with van der Waals surface area (Å²) in [6, 6.07) is -0.732. The first kappa shape index (κ1) is 13.6. The van der Waals surface area contributed by atoms with Gasteiger partial charge in [0.2, 0.25) is 5.91 Å². The molecule has 0 saturated carbocycles. The molecule has 0 spiro atoms. The van der Waals surface area contributed by atoms with Gasteiger partial charge in [0.15, 0.2) is 5.13 Å². The molecule has 7 nitrogen and oxygen atoms in total. The Morgan fingerprint density at radius 3 is 2.63 bits per heavy atom. The van der Waals surface area contributed by atoms with Crippen molar-refractivity contribution in [1.82, 2.24) is 10.3 Å². The normalized spacial score (nSPS) is 16.4. The minimum atomic E-state index is -0.732. The summed E-state index contributed by atoms with van der Waals surface area (Å²) in [7, 11) is 0. The van der Waals surface area contributed by atoms with E-state index in [0.29, 0.717) is 4.88 Å². The zero-order valence-electron chi connectivity index (χ0n) is 10.7. The number of carbonyl (C=O) groups is 2. The van der Waals surface area contributed by atoms with Gasteiger partial charge in [-0.05, 0) is 19.8 Å². The number of hydrogen-bond donors (Lipinski definition) is 3. The second-order valence-electron chi connectivity index (χ2n) is 4.50. The van der Waals surface area contributed by atoms with Crippen LogP contribution in [-0.2, 0) is 4.79 Å². The first-order valence-corrected chi connectivity index (χ1v) is 6.92. The van der Waals surface area contributed by atoms with Crippen LogP contribution in [0, 0.1) is 0 Å². The Labute approximate surface area is 115 Å². The van der Waals surface area contributed by atoms with Crippen LogP contribution >= 0.6 is 11.3 Å². The van der Waals surface area contributed by atoms with Crippen molar-refractivity contribution >= 4 is 34.1 Å². The molecule has 1 aromatic heterocycles. The van der Waals surface area contributed by atoms with Gasteiger partial charge in [0, 0.05) is 13.1 Å². The average Bonchev–Trinajstić information content (AvgIpc) is 2.96. The molecule has 2 heterocycles. The molecule has 1 aromatic rings. The van der Waals surface area contributed by atoms with E-state index >= 15 is 0 Å². The zero-order chi connectivity index (χ0) is 14.0. The second-order valence-corrected chi connectivity index (χ2v) is 5.48. The predicted octanol–water partition coefficient (Wildman–Crippen LogP) is -0.0709. The van der Waals surface area contributed by atoms with Crippen molar-refractivity contribution in [3.05, 3.63) is 4.88 Å². The average molecular weight is 283 g/mol. The van der Waals surface area contributed by atoms with E-state index in [1.165, 1.54) is 18.3 Å². The second kappa shape index (κ2) is 5.43. The van der Waals surface area contributed by atoms with Gasteiger partial charge in [0.25, 0.3) is 5.91 Å². The summed E-state index contributed by atoms with van der Waals surface area (Å²) in [6.45, 7) is 3.40. The van der Waals surface area contributed by atoms with E-state index in [1.807, 2.05) is 0 Å². The first-order valence-electron chi connectivity index (χ1n) is 6.10. The van der Waals surface area contributed by atoms with Crippen molar-refractivity contribution in [2.24, 2.45) is 5.73 Å². The van der Waals surface area contributed by atoms with Gasteiger partial charge in [-0.15, -0.1) is 0 Å². The molecule has 0 aromatic carbocycles. The summed E-state index contributed by atoms with van der Waals surface area (Å²) in [5.41, 5.74) is 10.9. The molecule has 1 atom stereocenters. The fraction of sp³-hybridized carbons (Fsp3) is 0.545. The number of nitrogens with zero attached hydrogens (tertiary/aromatic N) is 2. The number of anilines is 2. The van der Waals surface area contributed by atoms with E-state index in [4.69, 9.17) is 11.5 Å². The lowest BCUT2D eigenvalue weighted by molar-refractivity contribution is -0.119. The van der Waals surface area contributed by atoms with Crippen LogP contribution in [0.5, 0.6) is 0 Å². The summed E-state index contributed by atoms with van der Waals surface area (Å²) < 4.78 is 0. The molecule has 1 fully saturated rings. The molecule has 0 bridgehead atoms. The third-order valence-electron chi connectivity index (χ3n) is 3.00. The van der Waals surface area contributed by atoms with E-state index in [-0.39, 0.29) is 5.82 Å². The molecule has 1 saturated heterocycles. The topological polar surface area (TPSA) is 114 Å². The van der Waals surface area contributed by atoms with Gasteiger partial charge in [-0.1, -0.05) is 11.3 Å². The summed E-state index contributed by atoms with van der Waals surface area (Å²) >= 11 is 1.24. The molecule has 104 valence electrons. The fourth-order valence-electron chi connectivity index (χ4n) is 1.86. The molecule has 0 radical (unpaired) electrons. The quantitative estimate of drug-likeness (QED) is 0.715. The third-order valence-corrected chi connectivity index (χ3v) is 4.13. The lowest BCUT2D eigenvalue weighted by atomic mass is 10.3. The smallest absolute Gasteiger partial charge is 0.265 e. The Balaban J connectivity index is 2.11. The molecule has 1 unspecified atom stereocenters. The number of aromatic nitrogens is 1. The highest BCUT2D eigenvalue weighted by Crippen LogP contribution is 2.30. The molecule has 0 aliphatic carbocycles. The number of nitrogens with one attached hydrogen (secondary N) is 1. The standard InChI is InChI=1S/C11H17N5O2S/c1-6(9(13)17)14-10(18)7-8(12)15-11(19-7)16-4-2-3-5-16/h6H,2-5,12H2,1H3,(H2,13,17)(H,14,18). The molecule has 1 aliphatic heterocycles. The van der Waals surface area contributed by atoms with Gasteiger partial charge in [-0.2, -0.15) is 0 Å². The monoisotopic (exact) mass is 283 g/mol. The van der Waals surface area contributed by atoms with Crippen molar-refractivity contribution in [2.45, 2.75) is 25.8 Å². The summed E-state index contributed by atoms with van der Waals surface area (Å²) in [5, 5.41) is 3.26. The van der Waals surface area contributed by atoms with Gasteiger partial charge in [0.1, 0.15) is 16.7 Å². The van der Waals surface area contributed by atoms with Crippen LogP contribution < -0.4 is 21.7 Å². The minimum absolute atomic E-state index is 0.195. The Hall–Kier alpha value is -1.83. The van der Waals surface area contributed by atoms with Gasteiger partial charge in [-0.3, -0.25) is 9.59 Å². The van der Waals surface area contributed by atoms with E-state index in [9.17, 15) is 9.59 Å². The number of rotatable bonds is 4. The number of nitrogens with two attached hydrogens (primary N) is 2. The van der Waals surface area contributed by atoms with Gasteiger partial charge < -0.3 is 21.7 Å². The van der Waals surface area contributed by atoms with Crippen LogP contribution in [-0.4, -0.2) is 35.9 Å². The summed E-state index contributed by atoms with van der Waals surface area (Å²) in [5.74, 6) is -0.802. The van der Waals surface area contributed by atoms with E-state index in [2.05, 4.69) is 15.2 Å². The Kier molecular flexibility index (Phi) is 3.89. The van der Waals surface area contributed by atoms with Crippen molar-refractivity contribution in [3.8, 4) is 0 Å². The van der Waals surface area contributed by atoms with Crippen molar-refractivity contribution in [2.75, 3.05) is 23.7 Å². The van der Waals surface area contributed by atoms with Crippen LogP contribution in [0.1, 0.15) is 29.4 Å². The van der Waals surface area contributed by atoms with Crippen LogP contribution in [0.15, 0.2) is 0 Å². The maximum atomic E-state index is 12.0. The Morgan fingerprint density at radius 2 is 2.05 bits per heavy atom. The number of thiazole rings is 1. The van der Waals surface area contributed by atoms with Gasteiger partial charge in [0.05, 0.1) is 0 Å². The van der Waals surface area contributed by atoms with Crippen molar-refractivity contribution < 1.29 is 9.59 Å². The molecule has 2 rings (SSSR count). The van der Waals surface area contributed by atoms with Crippen LogP contribution in [0.2, 0.25) is 0 Å². The SMILES string of the molecule is CC(NC(=O)c1sc(N2CCCC2)nc1N)C(N)=O. The molecule has 1 aliphatic rings. The van der Waals surface area contributed by atoms with Crippen LogP contribution in [0.3, 0.4) is 0 Å². The van der Waals surface area contributed by atoms with Crippen LogP contribution in [0.4, 0.5) is 10.9 Å². The highest BCUT2D eigenvalue weighted by Gasteiger charge is 2.23. The lowest BCUT2D eigenvalue weighted by Crippen LogP contribution is -2.42. The zero-order valence-corrected chi connectivity index (χ0v) is 11.5. The van der Waals surface area contributed by atoms with Crippen molar-refractivity contribution in [3.63, 3.8) is 0 Å². The van der Waals surface area contributed by atoms with Gasteiger partial charge in [-0.25, -0.2) is 4.98 Å². The molecule has 2 amide bonds. The third kappa shape index (κ3) is 2.95. The largest absolute Gasteiger partial charge is 0.382 e. The summed E-state index contributed by atoms with van der Waals surface area (Å²) in [6.07, 6.45) is 2.25. The van der Waals surface area contributed by atoms with E-state index in [0.717, 1.165) is 31.1 Å². The maximum absolute atomic E-state index is 12.0. The fourth-order valence-corrected chi connectivity index (χ4v) is 2.80. The molecule has 8 heteroatoms. The first-order chi connectivity index (χ1) is 8.99. The Morgan fingerprint density at radius 1 is 1.42 bits per heavy atom. The van der Waals surface area contributed by atoms with E-state index < -0.39 is 17.9 Å². The molecule has 19 heavy (non-hydrogen) atoms. The highest BCUT2D eigenvalue weighted by atomic mass is 32.1. The number of carbonyl (C=O) groups excluding carboxylic acids is 2. The molecular formula is C11H17N5O2S. The summed E-state index contributed by atoms with van der Waals surface area (Å²) in [4.78, 5) is 29.5. The van der Waals surface area contributed by atoms with Crippen LogP contribution in [0.25, 0.3) is 0 Å². The minimum Gasteiger partial charge on any atom is -0.382 e. The number of nitrogen functional groups attached to an aromatic ring is 1. The number of primary amides is 1. The van der Waals surface area contributed by atoms with E-state index in [1.54, 1.807) is 0 Å². The highest BCUT2D eigenvalue weighted by molar-refractivity contribution is 7.18. The van der Waals surface area contributed by atoms with Gasteiger partial charge >= 0.3 is 0 Å². The lowest BCUT2D eigenvalue weighted by Gasteiger charge is -2.12. The number of amides is 2. The predicted molar refractivity (Wildman–Crippen MR) is 74.1 cm³/mol. The van der Waals surface area contributed by atoms with Crippen molar-refractivity contribution in [1.29, 1.82) is 0 Å². The molecule has 5 N–H and O–H groups in total. The Bertz CT molecular complexity index is 495.